The lowest BCUT2D eigenvalue weighted by molar-refractivity contribution is 0.421. The van der Waals surface area contributed by atoms with E-state index in [1.165, 1.54) is 4.40 Å². The van der Waals surface area contributed by atoms with Crippen molar-refractivity contribution >= 4 is 32.9 Å². The average molecular weight is 513 g/mol. The van der Waals surface area contributed by atoms with Crippen LogP contribution in [0, 0.1) is 0 Å². The number of hydrogen-bond donors (Lipinski definition) is 2. The summed E-state index contributed by atoms with van der Waals surface area (Å²) in [6.07, 6.45) is 3.88. The van der Waals surface area contributed by atoms with E-state index in [-0.39, 0.29) is 11.3 Å². The Morgan fingerprint density at radius 3 is 2.88 bits per heavy atom. The van der Waals surface area contributed by atoms with E-state index < -0.39 is 0 Å². The monoisotopic (exact) mass is 512 g/mol. The van der Waals surface area contributed by atoms with Gasteiger partial charge in [-0.2, -0.15) is 4.98 Å². The molecule has 33 heavy (non-hydrogen) atoms. The van der Waals surface area contributed by atoms with E-state index in [9.17, 15) is 9.90 Å². The number of unbranched alkanes of at least 4 members (excludes halogenated alkanes) is 2. The number of aromatic nitrogens is 8. The minimum absolute atomic E-state index is 0.120. The van der Waals surface area contributed by atoms with Gasteiger partial charge in [0.15, 0.2) is 21.7 Å². The van der Waals surface area contributed by atoms with Crippen molar-refractivity contribution in [2.24, 2.45) is 0 Å². The van der Waals surface area contributed by atoms with Crippen molar-refractivity contribution in [1.82, 2.24) is 39.3 Å². The summed E-state index contributed by atoms with van der Waals surface area (Å²) in [4.78, 5) is 25.0. The SMILES string of the molecule is CCCCCn1c2nc(Br)[nH]c2c(=O)n2c(CCc3noc(-c4cccc(O)c4)n3)nnc12. The van der Waals surface area contributed by atoms with Crippen LogP contribution in [0.3, 0.4) is 0 Å². The summed E-state index contributed by atoms with van der Waals surface area (Å²) < 4.78 is 9.27. The maximum atomic E-state index is 13.2. The molecule has 170 valence electrons. The molecule has 4 heterocycles. The third kappa shape index (κ3) is 4.01. The molecule has 0 aliphatic heterocycles. The Labute approximate surface area is 195 Å². The number of phenolic OH excluding ortho intramolecular Hbond substituents is 1. The normalized spacial score (nSPS) is 11.7. The Hall–Kier alpha value is -3.54. The molecule has 2 N–H and O–H groups in total. The molecular formula is C21H21BrN8O3. The highest BCUT2D eigenvalue weighted by molar-refractivity contribution is 9.10. The highest BCUT2D eigenvalue weighted by atomic mass is 79.9. The molecule has 0 aliphatic rings. The summed E-state index contributed by atoms with van der Waals surface area (Å²) in [6, 6.07) is 6.61. The van der Waals surface area contributed by atoms with Crippen molar-refractivity contribution in [3.05, 3.63) is 51.0 Å². The van der Waals surface area contributed by atoms with Gasteiger partial charge >= 0.3 is 0 Å². The van der Waals surface area contributed by atoms with Crippen LogP contribution in [0.25, 0.3) is 28.4 Å². The molecular weight excluding hydrogens is 492 g/mol. The molecule has 0 aliphatic carbocycles. The van der Waals surface area contributed by atoms with Gasteiger partial charge in [-0.15, -0.1) is 10.2 Å². The van der Waals surface area contributed by atoms with Gasteiger partial charge in [0.05, 0.1) is 0 Å². The molecule has 1 aromatic carbocycles. The first-order chi connectivity index (χ1) is 16.0. The summed E-state index contributed by atoms with van der Waals surface area (Å²) in [5, 5.41) is 22.3. The van der Waals surface area contributed by atoms with Gasteiger partial charge in [-0.1, -0.05) is 31.0 Å². The number of fused-ring (bicyclic) bond motifs is 2. The van der Waals surface area contributed by atoms with Gasteiger partial charge in [0.1, 0.15) is 11.6 Å². The molecule has 0 saturated heterocycles. The van der Waals surface area contributed by atoms with Crippen LogP contribution in [0.4, 0.5) is 0 Å². The fourth-order valence-corrected chi connectivity index (χ4v) is 4.17. The number of aromatic hydroxyl groups is 1. The van der Waals surface area contributed by atoms with Crippen molar-refractivity contribution in [2.45, 2.75) is 45.6 Å². The third-order valence-corrected chi connectivity index (χ3v) is 5.78. The van der Waals surface area contributed by atoms with E-state index in [0.717, 1.165) is 19.3 Å². The zero-order valence-electron chi connectivity index (χ0n) is 17.8. The lowest BCUT2D eigenvalue weighted by Gasteiger charge is -2.09. The van der Waals surface area contributed by atoms with E-state index in [1.54, 1.807) is 24.3 Å². The number of imidazole rings is 1. The number of nitrogens with one attached hydrogen (secondary N) is 1. The van der Waals surface area contributed by atoms with Crippen molar-refractivity contribution in [3.8, 4) is 17.2 Å². The second-order valence-electron chi connectivity index (χ2n) is 7.71. The minimum atomic E-state index is -0.251. The molecule has 0 bridgehead atoms. The van der Waals surface area contributed by atoms with Crippen LogP contribution in [-0.4, -0.2) is 44.4 Å². The van der Waals surface area contributed by atoms with Crippen LogP contribution < -0.4 is 5.56 Å². The van der Waals surface area contributed by atoms with E-state index in [4.69, 9.17) is 4.52 Å². The summed E-state index contributed by atoms with van der Waals surface area (Å²) in [5.41, 5.74) is 1.34. The molecule has 5 rings (SSSR count). The first-order valence-electron chi connectivity index (χ1n) is 10.7. The standard InChI is InChI=1S/C21H21BrN8O3/c1-2-3-4-10-29-17-16(24-20(22)25-17)19(32)30-15(26-27-21(29)30)9-8-14-23-18(33-28-14)12-6-5-7-13(31)11-12/h5-7,11,31H,2-4,8-10H2,1H3,(H,24,25). The average Bonchev–Trinajstić information content (AvgIpc) is 3.53. The van der Waals surface area contributed by atoms with E-state index in [1.807, 2.05) is 4.57 Å². The van der Waals surface area contributed by atoms with Gasteiger partial charge in [0.2, 0.25) is 5.78 Å². The van der Waals surface area contributed by atoms with E-state index in [0.29, 0.717) is 64.2 Å². The summed E-state index contributed by atoms with van der Waals surface area (Å²) in [5.74, 6) is 1.88. The number of phenols is 1. The van der Waals surface area contributed by atoms with Crippen LogP contribution in [0.15, 0.2) is 38.3 Å². The summed E-state index contributed by atoms with van der Waals surface area (Å²) in [7, 11) is 0. The van der Waals surface area contributed by atoms with Crippen molar-refractivity contribution in [3.63, 3.8) is 0 Å². The fourth-order valence-electron chi connectivity index (χ4n) is 3.80. The molecule has 0 amide bonds. The Morgan fingerprint density at radius 2 is 2.06 bits per heavy atom. The van der Waals surface area contributed by atoms with Gasteiger partial charge in [-0.25, -0.2) is 9.38 Å². The Bertz CT molecular complexity index is 1500. The van der Waals surface area contributed by atoms with Gasteiger partial charge < -0.3 is 14.6 Å². The molecule has 0 fully saturated rings. The predicted molar refractivity (Wildman–Crippen MR) is 123 cm³/mol. The number of nitrogens with zero attached hydrogens (tertiary/aromatic N) is 7. The second kappa shape index (κ2) is 8.77. The molecule has 4 aromatic heterocycles. The van der Waals surface area contributed by atoms with Crippen LogP contribution in [0.2, 0.25) is 0 Å². The molecule has 0 spiro atoms. The quantitative estimate of drug-likeness (QED) is 0.238. The molecule has 0 atom stereocenters. The second-order valence-corrected chi connectivity index (χ2v) is 8.46. The number of rotatable bonds is 8. The van der Waals surface area contributed by atoms with Crippen molar-refractivity contribution in [2.75, 3.05) is 0 Å². The van der Waals surface area contributed by atoms with E-state index >= 15 is 0 Å². The maximum Gasteiger partial charge on any atom is 0.286 e. The Balaban J connectivity index is 1.46. The number of aromatic amines is 1. The molecule has 0 radical (unpaired) electrons. The number of aryl methyl sites for hydroxylation is 3. The predicted octanol–water partition coefficient (Wildman–Crippen LogP) is 3.26. The Morgan fingerprint density at radius 1 is 1.18 bits per heavy atom. The van der Waals surface area contributed by atoms with Crippen LogP contribution in [-0.2, 0) is 19.4 Å². The topological polar surface area (TPSA) is 140 Å². The number of halogens is 1. The van der Waals surface area contributed by atoms with Crippen molar-refractivity contribution < 1.29 is 9.63 Å². The van der Waals surface area contributed by atoms with Gasteiger partial charge in [-0.3, -0.25) is 9.36 Å². The zero-order chi connectivity index (χ0) is 22.9. The first-order valence-corrected chi connectivity index (χ1v) is 11.5. The fraction of sp³-hybridized carbons (Fsp3) is 0.333. The zero-order valence-corrected chi connectivity index (χ0v) is 19.4. The molecule has 12 heteroatoms. The first kappa shape index (κ1) is 21.3. The number of H-pyrrole nitrogens is 1. The lowest BCUT2D eigenvalue weighted by atomic mass is 10.2. The van der Waals surface area contributed by atoms with E-state index in [2.05, 4.69) is 53.2 Å². The molecule has 11 nitrogen and oxygen atoms in total. The lowest BCUT2D eigenvalue weighted by Crippen LogP contribution is -2.21. The smallest absolute Gasteiger partial charge is 0.286 e. The highest BCUT2D eigenvalue weighted by Crippen LogP contribution is 2.22. The minimum Gasteiger partial charge on any atom is -0.508 e. The van der Waals surface area contributed by atoms with Gasteiger partial charge in [0.25, 0.3) is 11.4 Å². The third-order valence-electron chi connectivity index (χ3n) is 5.40. The largest absolute Gasteiger partial charge is 0.508 e. The van der Waals surface area contributed by atoms with Crippen molar-refractivity contribution in [1.29, 1.82) is 0 Å². The molecule has 0 unspecified atom stereocenters. The Kier molecular flexibility index (Phi) is 5.67. The number of benzene rings is 1. The highest BCUT2D eigenvalue weighted by Gasteiger charge is 2.20. The summed E-state index contributed by atoms with van der Waals surface area (Å²) >= 11 is 3.33. The number of hydrogen-bond acceptors (Lipinski definition) is 8. The van der Waals surface area contributed by atoms with Gasteiger partial charge in [-0.05, 0) is 40.5 Å². The van der Waals surface area contributed by atoms with Crippen LogP contribution in [0.5, 0.6) is 5.75 Å². The molecule has 5 aromatic rings. The maximum absolute atomic E-state index is 13.2. The van der Waals surface area contributed by atoms with Crippen LogP contribution >= 0.6 is 15.9 Å². The van der Waals surface area contributed by atoms with Crippen LogP contribution in [0.1, 0.15) is 37.8 Å². The molecule has 0 saturated carbocycles. The van der Waals surface area contributed by atoms with Gasteiger partial charge in [0, 0.05) is 24.9 Å². The summed E-state index contributed by atoms with van der Waals surface area (Å²) in [6.45, 7) is 2.82.